The fourth-order valence-electron chi connectivity index (χ4n) is 7.67. The van der Waals surface area contributed by atoms with Gasteiger partial charge in [0.05, 0.1) is 29.2 Å². The molecule has 3 aliphatic heterocycles. The second kappa shape index (κ2) is 14.2. The topological polar surface area (TPSA) is 192 Å². The number of amides is 4. The van der Waals surface area contributed by atoms with Crippen LogP contribution in [0.2, 0.25) is 0 Å². The van der Waals surface area contributed by atoms with Gasteiger partial charge < -0.3 is 20.1 Å². The molecule has 4 N–H and O–H groups in total. The van der Waals surface area contributed by atoms with Crippen molar-refractivity contribution in [3.63, 3.8) is 0 Å². The highest BCUT2D eigenvalue weighted by atomic mass is 32.2. The number of piperidine rings is 2. The third kappa shape index (κ3) is 7.10. The second-order valence-electron chi connectivity index (χ2n) is 14.4. The van der Waals surface area contributed by atoms with Crippen molar-refractivity contribution < 1.29 is 41.8 Å². The molecule has 1 atom stereocenters. The van der Waals surface area contributed by atoms with Crippen LogP contribution in [0.5, 0.6) is 5.75 Å². The van der Waals surface area contributed by atoms with Gasteiger partial charge in [-0.15, -0.1) is 0 Å². The first kappa shape index (κ1) is 36.9. The number of halogens is 1. The first-order chi connectivity index (χ1) is 26.8. The summed E-state index contributed by atoms with van der Waals surface area (Å²) in [7, 11) is -2.56. The van der Waals surface area contributed by atoms with Gasteiger partial charge in [0.25, 0.3) is 5.91 Å². The van der Waals surface area contributed by atoms with Gasteiger partial charge in [-0.3, -0.25) is 29.2 Å². The molecule has 1 unspecified atom stereocenters. The molecule has 4 amide bonds. The average molecular weight is 784 g/mol. The lowest BCUT2D eigenvalue weighted by Crippen LogP contribution is -2.46. The molecule has 290 valence electrons. The first-order valence-electron chi connectivity index (χ1n) is 18.1. The molecule has 1 aromatic heterocycles. The SMILES string of the molecule is Cn1nc(C2CCC(=O)NC2=O)c2ccc(N3CCC(O)(CC(=O)Nc4ccc5c(F)c(N6CC(=O)NS6(=O)=O)c(OCc6ccccc6)cc5c4)CC3)cc21. The molecule has 0 radical (unpaired) electrons. The molecule has 17 heteroatoms. The van der Waals surface area contributed by atoms with Crippen LogP contribution in [-0.4, -0.2) is 72.2 Å². The molecule has 0 spiro atoms. The number of carbonyl (C=O) groups excluding carboxylic acids is 4. The minimum Gasteiger partial charge on any atom is -0.487 e. The standard InChI is InChI=1S/C39H38FN7O8S/c1-45-30-19-26(8-10-28(30)36(43-45)29-11-12-32(48)42-38(29)51)46-15-13-39(52,14-16-46)20-33(49)41-25-7-9-27-24(17-25)18-31(55-22-23-5-3-2-4-6-23)37(35(27)40)47-21-34(50)44-56(47,53)54/h2-10,17-19,29,52H,11-16,20-22H2,1H3,(H,41,49)(H,44,50)(H,42,48,51). The lowest BCUT2D eigenvalue weighted by molar-refractivity contribution is -0.134. The van der Waals surface area contributed by atoms with Gasteiger partial charge in [-0.05, 0) is 72.7 Å². The quantitative estimate of drug-likeness (QED) is 0.161. The third-order valence-electron chi connectivity index (χ3n) is 10.6. The predicted octanol–water partition coefficient (Wildman–Crippen LogP) is 3.51. The number of aliphatic hydroxyl groups is 1. The predicted molar refractivity (Wildman–Crippen MR) is 205 cm³/mol. The molecule has 0 bridgehead atoms. The summed E-state index contributed by atoms with van der Waals surface area (Å²) in [4.78, 5) is 51.7. The largest absolute Gasteiger partial charge is 0.487 e. The van der Waals surface area contributed by atoms with Gasteiger partial charge in [-0.2, -0.15) is 13.5 Å². The number of nitrogens with one attached hydrogen (secondary N) is 3. The first-order valence-corrected chi connectivity index (χ1v) is 19.5. The molecule has 15 nitrogen and oxygen atoms in total. The molecule has 0 saturated carbocycles. The summed E-state index contributed by atoms with van der Waals surface area (Å²) >= 11 is 0. The Bertz CT molecular complexity index is 2540. The molecule has 3 aliphatic rings. The van der Waals surface area contributed by atoms with Crippen LogP contribution in [0.15, 0.2) is 72.8 Å². The summed E-state index contributed by atoms with van der Waals surface area (Å²) < 4.78 is 51.9. The number of hydrogen-bond donors (Lipinski definition) is 4. The second-order valence-corrected chi connectivity index (χ2v) is 16.0. The Kier molecular flexibility index (Phi) is 9.36. The van der Waals surface area contributed by atoms with E-state index in [4.69, 9.17) is 4.74 Å². The van der Waals surface area contributed by atoms with E-state index < -0.39 is 51.6 Å². The number of ether oxygens (including phenoxy) is 1. The van der Waals surface area contributed by atoms with Crippen LogP contribution in [-0.2, 0) is 43.0 Å². The Balaban J connectivity index is 0.956. The summed E-state index contributed by atoms with van der Waals surface area (Å²) in [5.41, 5.74) is 1.76. The number of imide groups is 1. The van der Waals surface area contributed by atoms with Crippen molar-refractivity contribution in [2.24, 2.45) is 7.05 Å². The van der Waals surface area contributed by atoms with Crippen LogP contribution in [0, 0.1) is 5.82 Å². The zero-order valence-corrected chi connectivity index (χ0v) is 31.1. The molecule has 56 heavy (non-hydrogen) atoms. The van der Waals surface area contributed by atoms with E-state index in [0.29, 0.717) is 53.4 Å². The average Bonchev–Trinajstić information content (AvgIpc) is 3.63. The van der Waals surface area contributed by atoms with Gasteiger partial charge in [0.1, 0.15) is 24.6 Å². The Morgan fingerprint density at radius 2 is 1.77 bits per heavy atom. The van der Waals surface area contributed by atoms with E-state index in [1.165, 1.54) is 24.3 Å². The molecule has 4 aromatic carbocycles. The number of anilines is 3. The smallest absolute Gasteiger partial charge is 0.326 e. The summed E-state index contributed by atoms with van der Waals surface area (Å²) in [6, 6.07) is 20.7. The third-order valence-corrected chi connectivity index (χ3v) is 12.0. The van der Waals surface area contributed by atoms with E-state index >= 15 is 4.39 Å². The van der Waals surface area contributed by atoms with E-state index in [9.17, 15) is 32.7 Å². The number of hydrogen-bond acceptors (Lipinski definition) is 10. The number of fused-ring (bicyclic) bond motifs is 2. The van der Waals surface area contributed by atoms with Crippen LogP contribution >= 0.6 is 0 Å². The van der Waals surface area contributed by atoms with Gasteiger partial charge in [0, 0.05) is 48.7 Å². The number of rotatable bonds is 9. The molecule has 3 fully saturated rings. The van der Waals surface area contributed by atoms with Crippen molar-refractivity contribution in [3.05, 3.63) is 89.9 Å². The summed E-state index contributed by atoms with van der Waals surface area (Å²) in [6.45, 7) is 0.326. The number of aryl methyl sites for hydroxylation is 1. The van der Waals surface area contributed by atoms with Crippen molar-refractivity contribution in [2.45, 2.75) is 50.2 Å². The maximum atomic E-state index is 16.2. The van der Waals surface area contributed by atoms with Crippen molar-refractivity contribution in [1.29, 1.82) is 0 Å². The van der Waals surface area contributed by atoms with Gasteiger partial charge in [-0.25, -0.2) is 13.4 Å². The maximum absolute atomic E-state index is 16.2. The fraction of sp³-hybridized carbons (Fsp3) is 0.308. The summed E-state index contributed by atoms with van der Waals surface area (Å²) in [5.74, 6) is -3.41. The number of benzene rings is 4. The molecule has 8 rings (SSSR count). The van der Waals surface area contributed by atoms with E-state index in [-0.39, 0.29) is 42.4 Å². The van der Waals surface area contributed by atoms with Crippen molar-refractivity contribution in [1.82, 2.24) is 19.8 Å². The summed E-state index contributed by atoms with van der Waals surface area (Å²) in [5, 5.41) is 22.5. The monoisotopic (exact) mass is 783 g/mol. The van der Waals surface area contributed by atoms with Crippen LogP contribution in [0.1, 0.15) is 49.3 Å². The fourth-order valence-corrected chi connectivity index (χ4v) is 8.83. The molecule has 5 aromatic rings. The highest BCUT2D eigenvalue weighted by Crippen LogP contribution is 2.41. The van der Waals surface area contributed by atoms with Crippen molar-refractivity contribution in [2.75, 3.05) is 34.2 Å². The minimum atomic E-state index is -4.36. The lowest BCUT2D eigenvalue weighted by atomic mass is 9.87. The van der Waals surface area contributed by atoms with Crippen LogP contribution in [0.25, 0.3) is 21.7 Å². The Labute approximate surface area is 320 Å². The van der Waals surface area contributed by atoms with E-state index in [2.05, 4.69) is 20.6 Å². The Morgan fingerprint density at radius 3 is 2.48 bits per heavy atom. The number of aromatic nitrogens is 2. The van der Waals surface area contributed by atoms with Crippen molar-refractivity contribution in [3.8, 4) is 5.75 Å². The Hall–Kier alpha value is -6.07. The van der Waals surface area contributed by atoms with Crippen molar-refractivity contribution >= 4 is 72.6 Å². The zero-order chi connectivity index (χ0) is 39.4. The summed E-state index contributed by atoms with van der Waals surface area (Å²) in [6.07, 6.45) is 1.11. The van der Waals surface area contributed by atoms with E-state index in [1.54, 1.807) is 36.0 Å². The molecule has 3 saturated heterocycles. The molecular formula is C39H38FN7O8S. The van der Waals surface area contributed by atoms with E-state index in [0.717, 1.165) is 22.2 Å². The molecule has 4 heterocycles. The highest BCUT2D eigenvalue weighted by molar-refractivity contribution is 7.92. The van der Waals surface area contributed by atoms with E-state index in [1.807, 2.05) is 29.0 Å². The van der Waals surface area contributed by atoms with Gasteiger partial charge in [-0.1, -0.05) is 30.3 Å². The van der Waals surface area contributed by atoms with Crippen LogP contribution < -0.4 is 29.3 Å². The Morgan fingerprint density at radius 1 is 1.02 bits per heavy atom. The van der Waals surface area contributed by atoms with Crippen LogP contribution in [0.4, 0.5) is 21.5 Å². The van der Waals surface area contributed by atoms with Crippen LogP contribution in [0.3, 0.4) is 0 Å². The molecular weight excluding hydrogens is 746 g/mol. The zero-order valence-electron chi connectivity index (χ0n) is 30.2. The highest BCUT2D eigenvalue weighted by Gasteiger charge is 2.39. The minimum absolute atomic E-state index is 0.0100. The number of carbonyl (C=O) groups is 4. The maximum Gasteiger partial charge on any atom is 0.326 e. The van der Waals surface area contributed by atoms with Gasteiger partial charge >= 0.3 is 10.2 Å². The normalized spacial score (nSPS) is 19.3. The van der Waals surface area contributed by atoms with Gasteiger partial charge in [0.2, 0.25) is 17.7 Å². The number of nitrogens with zero attached hydrogens (tertiary/aromatic N) is 4. The lowest BCUT2D eigenvalue weighted by Gasteiger charge is -2.39. The molecule has 0 aliphatic carbocycles. The van der Waals surface area contributed by atoms with Gasteiger partial charge in [0.15, 0.2) is 5.82 Å².